The summed E-state index contributed by atoms with van der Waals surface area (Å²) in [5, 5.41) is 5.85. The van der Waals surface area contributed by atoms with Crippen molar-refractivity contribution >= 4 is 33.2 Å². The molecule has 7 nitrogen and oxygen atoms in total. The lowest BCUT2D eigenvalue weighted by molar-refractivity contribution is -0.123. The number of rotatable bonds is 11. The summed E-state index contributed by atoms with van der Waals surface area (Å²) in [6.45, 7) is 2.01. The van der Waals surface area contributed by atoms with Gasteiger partial charge in [0.1, 0.15) is 10.8 Å². The van der Waals surface area contributed by atoms with Crippen molar-refractivity contribution in [3.05, 3.63) is 117 Å². The summed E-state index contributed by atoms with van der Waals surface area (Å²) in [7, 11) is -4.38. The molecule has 4 aromatic rings. The number of nitrogens with one attached hydrogen (secondary N) is 2. The number of benzene rings is 3. The number of hydrogen-bond donors (Lipinski definition) is 3. The summed E-state index contributed by atoms with van der Waals surface area (Å²) in [6.07, 6.45) is 1.56. The molecule has 0 aliphatic rings. The van der Waals surface area contributed by atoms with Crippen LogP contribution in [0, 0.1) is 5.82 Å². The third-order valence-corrected chi connectivity index (χ3v) is 7.54. The van der Waals surface area contributed by atoms with Gasteiger partial charge in [-0.15, -0.1) is 11.3 Å². The van der Waals surface area contributed by atoms with E-state index in [4.69, 9.17) is 9.54 Å². The van der Waals surface area contributed by atoms with Gasteiger partial charge in [-0.2, -0.15) is 8.42 Å². The van der Waals surface area contributed by atoms with Crippen LogP contribution in [0.25, 0.3) is 0 Å². The average Bonchev–Trinajstić information content (AvgIpc) is 3.37. The standard InChI is InChI=1S/C28H28FN3O4S2/c1-2-23-18-37-28(30-23)26(16-20-11-13-24(14-12-20)32-38(34,35)36)31-27(33)25(15-19-7-4-3-5-8-19)21-9-6-10-22(29)17-21/h3-14,17-18,25-26,32H,2,15-16H2,1H3,(H,31,33)(H,34,35,36). The van der Waals surface area contributed by atoms with E-state index in [1.165, 1.54) is 35.6 Å². The molecule has 1 heterocycles. The molecule has 0 aliphatic heterocycles. The van der Waals surface area contributed by atoms with Gasteiger partial charge >= 0.3 is 10.3 Å². The molecule has 1 amide bonds. The Labute approximate surface area is 225 Å². The number of thiazole rings is 1. The van der Waals surface area contributed by atoms with Crippen LogP contribution in [0.1, 0.15) is 46.3 Å². The van der Waals surface area contributed by atoms with Crippen molar-refractivity contribution in [3.63, 3.8) is 0 Å². The fourth-order valence-corrected chi connectivity index (χ4v) is 5.53. The summed E-state index contributed by atoms with van der Waals surface area (Å²) < 4.78 is 47.3. The van der Waals surface area contributed by atoms with Crippen LogP contribution in [0.3, 0.4) is 0 Å². The minimum Gasteiger partial charge on any atom is -0.346 e. The molecule has 2 unspecified atom stereocenters. The molecule has 10 heteroatoms. The van der Waals surface area contributed by atoms with E-state index in [0.29, 0.717) is 18.4 Å². The molecule has 0 bridgehead atoms. The Morgan fingerprint density at radius 3 is 2.34 bits per heavy atom. The Kier molecular flexibility index (Phi) is 8.88. The van der Waals surface area contributed by atoms with E-state index >= 15 is 0 Å². The fraction of sp³-hybridized carbons (Fsp3) is 0.214. The van der Waals surface area contributed by atoms with Gasteiger partial charge in [-0.05, 0) is 60.2 Å². The number of hydrogen-bond acceptors (Lipinski definition) is 5. The van der Waals surface area contributed by atoms with Gasteiger partial charge in [0.15, 0.2) is 0 Å². The summed E-state index contributed by atoms with van der Waals surface area (Å²) in [6, 6.07) is 21.7. The average molecular weight is 554 g/mol. The molecule has 0 spiro atoms. The molecule has 0 saturated heterocycles. The SMILES string of the molecule is CCc1csc(C(Cc2ccc(NS(=O)(=O)O)cc2)NC(=O)C(Cc2ccccc2)c2cccc(F)c2)n1. The lowest BCUT2D eigenvalue weighted by Gasteiger charge is -2.23. The topological polar surface area (TPSA) is 108 Å². The van der Waals surface area contributed by atoms with E-state index < -0.39 is 28.1 Å². The highest BCUT2D eigenvalue weighted by atomic mass is 32.2. The predicted octanol–water partition coefficient (Wildman–Crippen LogP) is 5.49. The largest absolute Gasteiger partial charge is 0.357 e. The quantitative estimate of drug-likeness (QED) is 0.213. The Morgan fingerprint density at radius 1 is 1.00 bits per heavy atom. The Bertz CT molecular complexity index is 1480. The molecular formula is C28H28FN3O4S2. The summed E-state index contributed by atoms with van der Waals surface area (Å²) >= 11 is 1.46. The van der Waals surface area contributed by atoms with E-state index in [2.05, 4.69) is 5.32 Å². The van der Waals surface area contributed by atoms with Crippen LogP contribution >= 0.6 is 11.3 Å². The van der Waals surface area contributed by atoms with Crippen LogP contribution in [-0.2, 0) is 34.4 Å². The molecule has 3 aromatic carbocycles. The van der Waals surface area contributed by atoms with Gasteiger partial charge in [0, 0.05) is 5.38 Å². The lowest BCUT2D eigenvalue weighted by Crippen LogP contribution is -2.35. The molecule has 1 aromatic heterocycles. The van der Waals surface area contributed by atoms with Crippen LogP contribution in [0.15, 0.2) is 84.2 Å². The number of halogens is 1. The third-order valence-electron chi connectivity index (χ3n) is 6.04. The van der Waals surface area contributed by atoms with Gasteiger partial charge in [0.25, 0.3) is 0 Å². The second kappa shape index (κ2) is 12.3. The van der Waals surface area contributed by atoms with Crippen molar-refractivity contribution in [1.29, 1.82) is 0 Å². The number of aromatic nitrogens is 1. The zero-order chi connectivity index (χ0) is 27.1. The second-order valence-corrected chi connectivity index (χ2v) is 10.9. The van der Waals surface area contributed by atoms with Crippen LogP contribution in [0.2, 0.25) is 0 Å². The molecule has 198 valence electrons. The number of nitrogens with zero attached hydrogens (tertiary/aromatic N) is 1. The lowest BCUT2D eigenvalue weighted by atomic mass is 9.90. The highest BCUT2D eigenvalue weighted by Crippen LogP contribution is 2.27. The van der Waals surface area contributed by atoms with Gasteiger partial charge in [0.05, 0.1) is 23.3 Å². The molecule has 0 saturated carbocycles. The number of anilines is 1. The first-order valence-corrected chi connectivity index (χ1v) is 14.4. The first kappa shape index (κ1) is 27.4. The van der Waals surface area contributed by atoms with Crippen LogP contribution < -0.4 is 10.0 Å². The van der Waals surface area contributed by atoms with E-state index in [1.54, 1.807) is 24.3 Å². The Morgan fingerprint density at radius 2 is 1.71 bits per heavy atom. The normalized spacial score (nSPS) is 13.0. The highest BCUT2D eigenvalue weighted by molar-refractivity contribution is 7.87. The monoisotopic (exact) mass is 553 g/mol. The van der Waals surface area contributed by atoms with Crippen LogP contribution in [0.5, 0.6) is 0 Å². The third kappa shape index (κ3) is 7.70. The maximum Gasteiger partial charge on any atom is 0.357 e. The van der Waals surface area contributed by atoms with Gasteiger partial charge < -0.3 is 5.32 Å². The van der Waals surface area contributed by atoms with Crippen molar-refractivity contribution in [2.45, 2.75) is 38.1 Å². The van der Waals surface area contributed by atoms with Gasteiger partial charge in [-0.3, -0.25) is 14.1 Å². The van der Waals surface area contributed by atoms with Crippen molar-refractivity contribution in [3.8, 4) is 0 Å². The van der Waals surface area contributed by atoms with E-state index in [-0.39, 0.29) is 11.6 Å². The number of carbonyl (C=O) groups is 1. The van der Waals surface area contributed by atoms with Crippen molar-refractivity contribution < 1.29 is 22.2 Å². The number of amides is 1. The van der Waals surface area contributed by atoms with Crippen molar-refractivity contribution in [1.82, 2.24) is 10.3 Å². The van der Waals surface area contributed by atoms with E-state index in [9.17, 15) is 17.6 Å². The van der Waals surface area contributed by atoms with Crippen molar-refractivity contribution in [2.24, 2.45) is 0 Å². The maximum absolute atomic E-state index is 14.1. The zero-order valence-corrected chi connectivity index (χ0v) is 22.3. The fourth-order valence-electron chi connectivity index (χ4n) is 4.15. The van der Waals surface area contributed by atoms with Crippen LogP contribution in [-0.4, -0.2) is 23.9 Å². The minimum atomic E-state index is -4.38. The summed E-state index contributed by atoms with van der Waals surface area (Å²) in [4.78, 5) is 18.5. The predicted molar refractivity (Wildman–Crippen MR) is 147 cm³/mol. The maximum atomic E-state index is 14.1. The molecule has 0 aliphatic carbocycles. The summed E-state index contributed by atoms with van der Waals surface area (Å²) in [5.74, 6) is -1.28. The van der Waals surface area contributed by atoms with E-state index in [0.717, 1.165) is 28.2 Å². The molecule has 4 rings (SSSR count). The minimum absolute atomic E-state index is 0.216. The first-order valence-electron chi connectivity index (χ1n) is 12.1. The number of carbonyl (C=O) groups excluding carboxylic acids is 1. The number of aryl methyl sites for hydroxylation is 1. The van der Waals surface area contributed by atoms with Gasteiger partial charge in [-0.1, -0.05) is 61.5 Å². The Hall–Kier alpha value is -3.60. The smallest absolute Gasteiger partial charge is 0.346 e. The zero-order valence-electron chi connectivity index (χ0n) is 20.7. The molecule has 3 N–H and O–H groups in total. The molecule has 0 fully saturated rings. The molecule has 2 atom stereocenters. The molecule has 0 radical (unpaired) electrons. The van der Waals surface area contributed by atoms with Crippen LogP contribution in [0.4, 0.5) is 10.1 Å². The van der Waals surface area contributed by atoms with Gasteiger partial charge in [-0.25, -0.2) is 9.37 Å². The van der Waals surface area contributed by atoms with Crippen molar-refractivity contribution in [2.75, 3.05) is 4.72 Å². The van der Waals surface area contributed by atoms with Gasteiger partial charge in [0.2, 0.25) is 5.91 Å². The molecule has 38 heavy (non-hydrogen) atoms. The second-order valence-electron chi connectivity index (χ2n) is 8.87. The van der Waals surface area contributed by atoms with E-state index in [1.807, 2.05) is 47.4 Å². The Balaban J connectivity index is 1.61. The highest BCUT2D eigenvalue weighted by Gasteiger charge is 2.26. The first-order chi connectivity index (χ1) is 18.2. The summed E-state index contributed by atoms with van der Waals surface area (Å²) in [5.41, 5.74) is 3.50. The molecular weight excluding hydrogens is 525 g/mol.